The molecule has 1 aromatic heterocycles. The van der Waals surface area contributed by atoms with Crippen LogP contribution in [0.4, 0.5) is 0 Å². The zero-order valence-corrected chi connectivity index (χ0v) is 12.7. The highest BCUT2D eigenvalue weighted by molar-refractivity contribution is 7.13. The number of hydrogen-bond acceptors (Lipinski definition) is 5. The van der Waals surface area contributed by atoms with Gasteiger partial charge in [0.25, 0.3) is 0 Å². The van der Waals surface area contributed by atoms with Crippen LogP contribution in [0.1, 0.15) is 5.69 Å². The normalized spacial score (nSPS) is 16.7. The molecule has 2 aromatic rings. The Morgan fingerprint density at radius 2 is 1.81 bits per heavy atom. The summed E-state index contributed by atoms with van der Waals surface area (Å²) in [4.78, 5) is 9.36. The molecule has 1 aliphatic heterocycles. The maximum Gasteiger partial charge on any atom is 0.123 e. The quantitative estimate of drug-likeness (QED) is 0.813. The van der Waals surface area contributed by atoms with Crippen molar-refractivity contribution in [3.05, 3.63) is 41.4 Å². The molecule has 0 saturated carbocycles. The lowest BCUT2D eigenvalue weighted by Crippen LogP contribution is -2.45. The Morgan fingerprint density at radius 3 is 2.52 bits per heavy atom. The summed E-state index contributed by atoms with van der Waals surface area (Å²) in [5.41, 5.74) is 2.33. The fourth-order valence-electron chi connectivity index (χ4n) is 2.53. The van der Waals surface area contributed by atoms with Crippen LogP contribution < -0.4 is 0 Å². The van der Waals surface area contributed by atoms with Crippen LogP contribution in [0.2, 0.25) is 0 Å². The summed E-state index contributed by atoms with van der Waals surface area (Å²) in [5, 5.41) is 12.0. The van der Waals surface area contributed by atoms with E-state index in [2.05, 4.69) is 33.4 Å². The van der Waals surface area contributed by atoms with Crippen LogP contribution in [0.25, 0.3) is 10.6 Å². The van der Waals surface area contributed by atoms with Crippen molar-refractivity contribution >= 4 is 11.3 Å². The minimum Gasteiger partial charge on any atom is -0.295 e. The molecule has 1 aromatic carbocycles. The monoisotopic (exact) mass is 298 g/mol. The Balaban J connectivity index is 1.58. The van der Waals surface area contributed by atoms with Crippen molar-refractivity contribution < 1.29 is 0 Å². The van der Waals surface area contributed by atoms with E-state index in [1.54, 1.807) is 11.3 Å². The lowest BCUT2D eigenvalue weighted by molar-refractivity contribution is 0.137. The van der Waals surface area contributed by atoms with Crippen molar-refractivity contribution in [2.24, 2.45) is 0 Å². The first kappa shape index (κ1) is 14.2. The molecule has 1 aliphatic rings. The smallest absolute Gasteiger partial charge is 0.123 e. The van der Waals surface area contributed by atoms with E-state index in [-0.39, 0.29) is 0 Å². The Labute approximate surface area is 129 Å². The van der Waals surface area contributed by atoms with Gasteiger partial charge in [0, 0.05) is 43.7 Å². The standard InChI is InChI=1S/C16H18N4S/c17-6-7-19-8-10-20(11-9-19)12-15-13-21-16(18-15)14-4-2-1-3-5-14/h1-5,13H,7-12H2. The molecule has 1 saturated heterocycles. The summed E-state index contributed by atoms with van der Waals surface area (Å²) in [5.74, 6) is 0. The Hall–Kier alpha value is -1.74. The first-order chi connectivity index (χ1) is 10.3. The van der Waals surface area contributed by atoms with Gasteiger partial charge >= 0.3 is 0 Å². The van der Waals surface area contributed by atoms with Crippen molar-refractivity contribution in [2.45, 2.75) is 6.54 Å². The van der Waals surface area contributed by atoms with Gasteiger partial charge in [-0.2, -0.15) is 5.26 Å². The average Bonchev–Trinajstić information content (AvgIpc) is 2.99. The molecule has 0 radical (unpaired) electrons. The third-order valence-corrected chi connectivity index (χ3v) is 4.66. The molecule has 0 atom stereocenters. The number of hydrogen-bond donors (Lipinski definition) is 0. The number of rotatable bonds is 4. The summed E-state index contributed by atoms with van der Waals surface area (Å²) in [6.45, 7) is 5.43. The van der Waals surface area contributed by atoms with E-state index >= 15 is 0 Å². The van der Waals surface area contributed by atoms with Gasteiger partial charge in [0.2, 0.25) is 0 Å². The highest BCUT2D eigenvalue weighted by Crippen LogP contribution is 2.24. The van der Waals surface area contributed by atoms with E-state index < -0.39 is 0 Å². The summed E-state index contributed by atoms with van der Waals surface area (Å²) in [6.07, 6.45) is 0. The van der Waals surface area contributed by atoms with Crippen LogP contribution in [0, 0.1) is 11.3 Å². The molecule has 0 N–H and O–H groups in total. The fourth-order valence-corrected chi connectivity index (χ4v) is 3.34. The number of aromatic nitrogens is 1. The molecule has 0 unspecified atom stereocenters. The lowest BCUT2D eigenvalue weighted by Gasteiger charge is -2.32. The van der Waals surface area contributed by atoms with Crippen LogP contribution in [-0.4, -0.2) is 47.5 Å². The van der Waals surface area contributed by atoms with E-state index in [1.165, 1.54) is 5.56 Å². The highest BCUT2D eigenvalue weighted by Gasteiger charge is 2.17. The third-order valence-electron chi connectivity index (χ3n) is 3.72. The number of nitriles is 1. The van der Waals surface area contributed by atoms with E-state index in [1.807, 2.05) is 18.2 Å². The Morgan fingerprint density at radius 1 is 1.10 bits per heavy atom. The van der Waals surface area contributed by atoms with Crippen molar-refractivity contribution in [2.75, 3.05) is 32.7 Å². The first-order valence-corrected chi connectivity index (χ1v) is 8.04. The number of piperazine rings is 1. The number of thiazole rings is 1. The van der Waals surface area contributed by atoms with Crippen LogP contribution in [-0.2, 0) is 6.54 Å². The number of benzene rings is 1. The molecular weight excluding hydrogens is 280 g/mol. The van der Waals surface area contributed by atoms with E-state index in [4.69, 9.17) is 10.2 Å². The minimum atomic E-state index is 0.544. The molecule has 4 nitrogen and oxygen atoms in total. The molecule has 2 heterocycles. The van der Waals surface area contributed by atoms with Gasteiger partial charge in [0.1, 0.15) is 5.01 Å². The molecule has 0 spiro atoms. The molecule has 5 heteroatoms. The van der Waals surface area contributed by atoms with E-state index in [9.17, 15) is 0 Å². The third kappa shape index (κ3) is 3.67. The molecule has 0 aliphatic carbocycles. The zero-order valence-electron chi connectivity index (χ0n) is 11.9. The van der Waals surface area contributed by atoms with Gasteiger partial charge < -0.3 is 0 Å². The Bertz CT molecular complexity index is 609. The van der Waals surface area contributed by atoms with Gasteiger partial charge in [-0.25, -0.2) is 4.98 Å². The number of nitrogens with zero attached hydrogens (tertiary/aromatic N) is 4. The fraction of sp³-hybridized carbons (Fsp3) is 0.375. The SMILES string of the molecule is N#CCN1CCN(Cc2csc(-c3ccccc3)n2)CC1. The summed E-state index contributed by atoms with van der Waals surface area (Å²) < 4.78 is 0. The molecule has 3 rings (SSSR count). The lowest BCUT2D eigenvalue weighted by atomic mass is 10.2. The summed E-state index contributed by atoms with van der Waals surface area (Å²) in [7, 11) is 0. The maximum atomic E-state index is 8.72. The molecule has 108 valence electrons. The second-order valence-electron chi connectivity index (χ2n) is 5.22. The van der Waals surface area contributed by atoms with Gasteiger partial charge in [0.15, 0.2) is 0 Å². The van der Waals surface area contributed by atoms with Crippen LogP contribution in [0.15, 0.2) is 35.7 Å². The van der Waals surface area contributed by atoms with Crippen molar-refractivity contribution in [3.8, 4) is 16.6 Å². The molecule has 0 bridgehead atoms. The van der Waals surface area contributed by atoms with Crippen LogP contribution in [0.5, 0.6) is 0 Å². The largest absolute Gasteiger partial charge is 0.295 e. The predicted octanol–water partition coefficient (Wildman–Crippen LogP) is 2.45. The van der Waals surface area contributed by atoms with Crippen molar-refractivity contribution in [3.63, 3.8) is 0 Å². The van der Waals surface area contributed by atoms with Crippen molar-refractivity contribution in [1.29, 1.82) is 5.26 Å². The topological polar surface area (TPSA) is 43.2 Å². The summed E-state index contributed by atoms with van der Waals surface area (Å²) in [6, 6.07) is 12.5. The van der Waals surface area contributed by atoms with Crippen LogP contribution >= 0.6 is 11.3 Å². The van der Waals surface area contributed by atoms with Gasteiger partial charge in [-0.05, 0) is 0 Å². The second kappa shape index (κ2) is 6.81. The predicted molar refractivity (Wildman–Crippen MR) is 84.9 cm³/mol. The van der Waals surface area contributed by atoms with Gasteiger partial charge in [-0.3, -0.25) is 9.80 Å². The summed E-state index contributed by atoms with van der Waals surface area (Å²) >= 11 is 1.71. The molecule has 21 heavy (non-hydrogen) atoms. The van der Waals surface area contributed by atoms with Gasteiger partial charge in [-0.1, -0.05) is 30.3 Å². The molecule has 1 fully saturated rings. The molecular formula is C16H18N4S. The Kier molecular flexibility index (Phi) is 4.61. The first-order valence-electron chi connectivity index (χ1n) is 7.16. The van der Waals surface area contributed by atoms with Gasteiger partial charge in [-0.15, -0.1) is 11.3 Å². The van der Waals surface area contributed by atoms with Gasteiger partial charge in [0.05, 0.1) is 18.3 Å². The maximum absolute atomic E-state index is 8.72. The van der Waals surface area contributed by atoms with Crippen molar-refractivity contribution in [1.82, 2.24) is 14.8 Å². The highest BCUT2D eigenvalue weighted by atomic mass is 32.1. The average molecular weight is 298 g/mol. The minimum absolute atomic E-state index is 0.544. The zero-order chi connectivity index (χ0) is 14.5. The van der Waals surface area contributed by atoms with E-state index in [0.717, 1.165) is 43.4 Å². The van der Waals surface area contributed by atoms with E-state index in [0.29, 0.717) is 6.54 Å². The second-order valence-corrected chi connectivity index (χ2v) is 6.08. The molecule has 0 amide bonds. The van der Waals surface area contributed by atoms with Crippen LogP contribution in [0.3, 0.4) is 0 Å².